The Morgan fingerprint density at radius 3 is 2.81 bits per heavy atom. The number of aromatic hydroxyl groups is 1. The minimum atomic E-state index is 0.243. The lowest BCUT2D eigenvalue weighted by Gasteiger charge is -2.11. The molecule has 2 heteroatoms. The van der Waals surface area contributed by atoms with Crippen LogP contribution in [0, 0.1) is 17.8 Å². The first-order chi connectivity index (χ1) is 7.69. The second kappa shape index (κ2) is 6.07. The van der Waals surface area contributed by atoms with Gasteiger partial charge in [-0.3, -0.25) is 0 Å². The van der Waals surface area contributed by atoms with E-state index >= 15 is 0 Å². The van der Waals surface area contributed by atoms with Crippen LogP contribution in [0.2, 0.25) is 0 Å². The normalized spacial score (nSPS) is 11.4. The second-order valence-electron chi connectivity index (χ2n) is 3.70. The van der Waals surface area contributed by atoms with Gasteiger partial charge < -0.3 is 9.84 Å². The monoisotopic (exact) mass is 218 g/mol. The number of phenols is 1. The van der Waals surface area contributed by atoms with Crippen LogP contribution in [0.25, 0.3) is 0 Å². The van der Waals surface area contributed by atoms with Gasteiger partial charge in [-0.05, 0) is 31.9 Å². The van der Waals surface area contributed by atoms with Gasteiger partial charge >= 0.3 is 0 Å². The van der Waals surface area contributed by atoms with Crippen LogP contribution in [0.3, 0.4) is 0 Å². The summed E-state index contributed by atoms with van der Waals surface area (Å²) in [7, 11) is 0. The van der Waals surface area contributed by atoms with Crippen molar-refractivity contribution in [3.05, 3.63) is 23.8 Å². The summed E-state index contributed by atoms with van der Waals surface area (Å²) < 4.78 is 5.33. The van der Waals surface area contributed by atoms with Crippen LogP contribution in [0.1, 0.15) is 26.3 Å². The Labute approximate surface area is 97.3 Å². The minimum Gasteiger partial charge on any atom is -0.504 e. The summed E-state index contributed by atoms with van der Waals surface area (Å²) in [6.45, 7) is 6.33. The Hall–Kier alpha value is -1.62. The van der Waals surface area contributed by atoms with Gasteiger partial charge in [-0.15, -0.1) is 11.8 Å². The van der Waals surface area contributed by atoms with E-state index in [0.717, 1.165) is 12.0 Å². The average molecular weight is 218 g/mol. The fraction of sp³-hybridized carbons (Fsp3) is 0.429. The Morgan fingerprint density at radius 1 is 1.44 bits per heavy atom. The van der Waals surface area contributed by atoms with Gasteiger partial charge in [0, 0.05) is 5.92 Å². The largest absolute Gasteiger partial charge is 0.504 e. The highest BCUT2D eigenvalue weighted by Crippen LogP contribution is 2.31. The number of para-hydroxylation sites is 1. The molecule has 0 amide bonds. The lowest BCUT2D eigenvalue weighted by molar-refractivity contribution is 0.316. The summed E-state index contributed by atoms with van der Waals surface area (Å²) in [6.07, 6.45) is 0.744. The number of benzene rings is 1. The Kier molecular flexibility index (Phi) is 4.72. The fourth-order valence-electron chi connectivity index (χ4n) is 1.63. The number of hydrogen-bond acceptors (Lipinski definition) is 2. The van der Waals surface area contributed by atoms with Gasteiger partial charge in [0.1, 0.15) is 0 Å². The topological polar surface area (TPSA) is 29.5 Å². The van der Waals surface area contributed by atoms with E-state index in [4.69, 9.17) is 4.74 Å². The number of rotatable bonds is 4. The highest BCUT2D eigenvalue weighted by atomic mass is 16.5. The third kappa shape index (κ3) is 3.20. The maximum atomic E-state index is 9.96. The highest BCUT2D eigenvalue weighted by Gasteiger charge is 2.09. The molecule has 1 N–H and O–H groups in total. The summed E-state index contributed by atoms with van der Waals surface area (Å²) in [5.74, 6) is 7.00. The molecule has 0 fully saturated rings. The van der Waals surface area contributed by atoms with Crippen LogP contribution in [0.15, 0.2) is 18.2 Å². The third-order valence-electron chi connectivity index (χ3n) is 2.30. The van der Waals surface area contributed by atoms with Crippen molar-refractivity contribution in [2.24, 2.45) is 5.92 Å². The number of ether oxygens (including phenoxy) is 1. The minimum absolute atomic E-state index is 0.243. The van der Waals surface area contributed by atoms with Gasteiger partial charge in [-0.2, -0.15) is 0 Å². The molecule has 0 saturated heterocycles. The molecule has 2 nitrogen and oxygen atoms in total. The van der Waals surface area contributed by atoms with E-state index in [1.54, 1.807) is 6.07 Å². The van der Waals surface area contributed by atoms with Gasteiger partial charge in [0.15, 0.2) is 11.5 Å². The van der Waals surface area contributed by atoms with Crippen molar-refractivity contribution in [2.75, 3.05) is 6.61 Å². The molecule has 0 saturated carbocycles. The van der Waals surface area contributed by atoms with Crippen molar-refractivity contribution in [3.63, 3.8) is 0 Å². The standard InChI is InChI=1S/C14H18O2/c1-4-7-11(3)10-12-8-6-9-13(14(12)15)16-5-2/h6,8-9,11,15H,5,10H2,1-3H3. The maximum Gasteiger partial charge on any atom is 0.161 e. The second-order valence-corrected chi connectivity index (χ2v) is 3.70. The summed E-state index contributed by atoms with van der Waals surface area (Å²) in [5.41, 5.74) is 0.890. The first-order valence-corrected chi connectivity index (χ1v) is 5.55. The van der Waals surface area contributed by atoms with Crippen LogP contribution >= 0.6 is 0 Å². The molecule has 1 aromatic carbocycles. The van der Waals surface area contributed by atoms with Crippen molar-refractivity contribution < 1.29 is 9.84 Å². The van der Waals surface area contributed by atoms with Gasteiger partial charge in [-0.25, -0.2) is 0 Å². The zero-order valence-electron chi connectivity index (χ0n) is 10.1. The molecule has 0 heterocycles. The van der Waals surface area contributed by atoms with E-state index in [0.29, 0.717) is 12.4 Å². The quantitative estimate of drug-likeness (QED) is 0.787. The zero-order valence-corrected chi connectivity index (χ0v) is 10.1. The predicted octanol–water partition coefficient (Wildman–Crippen LogP) is 2.99. The molecule has 0 aliphatic rings. The lowest BCUT2D eigenvalue weighted by Crippen LogP contribution is -1.99. The molecular formula is C14H18O2. The number of hydrogen-bond donors (Lipinski definition) is 1. The summed E-state index contributed by atoms with van der Waals surface area (Å²) in [6, 6.07) is 5.58. The van der Waals surface area contributed by atoms with E-state index in [1.807, 2.05) is 32.9 Å². The van der Waals surface area contributed by atoms with Crippen molar-refractivity contribution >= 4 is 0 Å². The van der Waals surface area contributed by atoms with Crippen LogP contribution in [-0.4, -0.2) is 11.7 Å². The Morgan fingerprint density at radius 2 is 2.19 bits per heavy atom. The van der Waals surface area contributed by atoms with E-state index < -0.39 is 0 Å². The Bertz CT molecular complexity index is 399. The smallest absolute Gasteiger partial charge is 0.161 e. The third-order valence-corrected chi connectivity index (χ3v) is 2.30. The molecule has 1 unspecified atom stereocenters. The van der Waals surface area contributed by atoms with E-state index in [1.165, 1.54) is 0 Å². The molecule has 0 spiro atoms. The fourth-order valence-corrected chi connectivity index (χ4v) is 1.63. The van der Waals surface area contributed by atoms with Crippen LogP contribution in [0.4, 0.5) is 0 Å². The van der Waals surface area contributed by atoms with Crippen molar-refractivity contribution in [1.29, 1.82) is 0 Å². The average Bonchev–Trinajstić information content (AvgIpc) is 2.24. The molecule has 0 radical (unpaired) electrons. The van der Waals surface area contributed by atoms with Gasteiger partial charge in [0.2, 0.25) is 0 Å². The Balaban J connectivity index is 2.86. The summed E-state index contributed by atoms with van der Waals surface area (Å²) in [4.78, 5) is 0. The molecule has 1 aromatic rings. The molecule has 1 rings (SSSR count). The van der Waals surface area contributed by atoms with Crippen LogP contribution in [-0.2, 0) is 6.42 Å². The van der Waals surface area contributed by atoms with Crippen molar-refractivity contribution in [3.8, 4) is 23.3 Å². The molecule has 86 valence electrons. The maximum absolute atomic E-state index is 9.96. The molecule has 16 heavy (non-hydrogen) atoms. The van der Waals surface area contributed by atoms with E-state index in [9.17, 15) is 5.11 Å². The first-order valence-electron chi connectivity index (χ1n) is 5.55. The van der Waals surface area contributed by atoms with E-state index in [-0.39, 0.29) is 11.7 Å². The molecule has 0 aliphatic heterocycles. The van der Waals surface area contributed by atoms with Gasteiger partial charge in [0.25, 0.3) is 0 Å². The van der Waals surface area contributed by atoms with Crippen molar-refractivity contribution in [2.45, 2.75) is 27.2 Å². The van der Waals surface area contributed by atoms with Gasteiger partial charge in [-0.1, -0.05) is 19.1 Å². The summed E-state index contributed by atoms with van der Waals surface area (Å²) >= 11 is 0. The lowest BCUT2D eigenvalue weighted by atomic mass is 10.0. The SMILES string of the molecule is CC#CC(C)Cc1cccc(OCC)c1O. The molecular weight excluding hydrogens is 200 g/mol. The zero-order chi connectivity index (χ0) is 12.0. The summed E-state index contributed by atoms with van der Waals surface area (Å²) in [5, 5.41) is 9.96. The molecule has 0 bridgehead atoms. The van der Waals surface area contributed by atoms with Crippen LogP contribution in [0.5, 0.6) is 11.5 Å². The molecule has 0 aromatic heterocycles. The van der Waals surface area contributed by atoms with Crippen molar-refractivity contribution in [1.82, 2.24) is 0 Å². The molecule has 1 atom stereocenters. The van der Waals surface area contributed by atoms with Gasteiger partial charge in [0.05, 0.1) is 6.61 Å². The van der Waals surface area contributed by atoms with Crippen LogP contribution < -0.4 is 4.74 Å². The van der Waals surface area contributed by atoms with E-state index in [2.05, 4.69) is 11.8 Å². The highest BCUT2D eigenvalue weighted by molar-refractivity contribution is 5.45. The predicted molar refractivity (Wildman–Crippen MR) is 65.6 cm³/mol. The first kappa shape index (κ1) is 12.4. The molecule has 0 aliphatic carbocycles. The number of phenolic OH excluding ortho intramolecular Hbond substituents is 1.